The standard InChI is InChI=1S/C15H10ClF3N6/c1-7-9(6-20-24(7)2)12-22-13-8-4-3-5-10(15(17,18)19)11(8)21-14(16)25(13)23-12/h3-6H,1-2H3. The monoisotopic (exact) mass is 366 g/mol. The smallest absolute Gasteiger partial charge is 0.272 e. The van der Waals surface area contributed by atoms with Gasteiger partial charge in [-0.15, -0.1) is 5.10 Å². The van der Waals surface area contributed by atoms with Gasteiger partial charge in [0.25, 0.3) is 0 Å². The summed E-state index contributed by atoms with van der Waals surface area (Å²) in [6.45, 7) is 1.84. The quantitative estimate of drug-likeness (QED) is 0.482. The summed E-state index contributed by atoms with van der Waals surface area (Å²) in [7, 11) is 1.77. The summed E-state index contributed by atoms with van der Waals surface area (Å²) in [6.07, 6.45) is -2.95. The van der Waals surface area contributed by atoms with Crippen molar-refractivity contribution in [2.24, 2.45) is 7.05 Å². The van der Waals surface area contributed by atoms with Gasteiger partial charge in [-0.2, -0.15) is 22.8 Å². The first-order valence-electron chi connectivity index (χ1n) is 7.18. The van der Waals surface area contributed by atoms with Crippen LogP contribution in [0.25, 0.3) is 27.9 Å². The lowest BCUT2D eigenvalue weighted by Crippen LogP contribution is -2.07. The third-order valence-corrected chi connectivity index (χ3v) is 4.29. The molecule has 3 aromatic heterocycles. The van der Waals surface area contributed by atoms with E-state index in [1.54, 1.807) is 17.9 Å². The van der Waals surface area contributed by atoms with E-state index in [-0.39, 0.29) is 21.8 Å². The van der Waals surface area contributed by atoms with E-state index in [4.69, 9.17) is 11.6 Å². The molecule has 10 heteroatoms. The molecule has 6 nitrogen and oxygen atoms in total. The van der Waals surface area contributed by atoms with Gasteiger partial charge >= 0.3 is 6.18 Å². The molecule has 0 amide bonds. The Morgan fingerprint density at radius 3 is 2.56 bits per heavy atom. The number of hydrogen-bond acceptors (Lipinski definition) is 4. The maximum Gasteiger partial charge on any atom is 0.418 e. The highest BCUT2D eigenvalue weighted by molar-refractivity contribution is 6.29. The zero-order valence-electron chi connectivity index (χ0n) is 13.0. The Morgan fingerprint density at radius 1 is 1.16 bits per heavy atom. The van der Waals surface area contributed by atoms with E-state index in [1.165, 1.54) is 16.6 Å². The van der Waals surface area contributed by atoms with Crippen molar-refractivity contribution in [1.82, 2.24) is 29.4 Å². The van der Waals surface area contributed by atoms with Crippen LogP contribution in [0.5, 0.6) is 0 Å². The number of fused-ring (bicyclic) bond motifs is 3. The van der Waals surface area contributed by atoms with Crippen molar-refractivity contribution in [3.05, 3.63) is 40.9 Å². The van der Waals surface area contributed by atoms with Crippen LogP contribution in [0.15, 0.2) is 24.4 Å². The Morgan fingerprint density at radius 2 is 1.92 bits per heavy atom. The number of rotatable bonds is 1. The number of aromatic nitrogens is 6. The fourth-order valence-electron chi connectivity index (χ4n) is 2.66. The summed E-state index contributed by atoms with van der Waals surface area (Å²) in [4.78, 5) is 8.27. The largest absolute Gasteiger partial charge is 0.418 e. The molecule has 0 fully saturated rings. The van der Waals surface area contributed by atoms with E-state index >= 15 is 0 Å². The molecule has 0 saturated heterocycles. The highest BCUT2D eigenvalue weighted by Gasteiger charge is 2.34. The molecule has 4 aromatic rings. The molecule has 0 atom stereocenters. The predicted molar refractivity (Wildman–Crippen MR) is 85.2 cm³/mol. The van der Waals surface area contributed by atoms with Crippen LogP contribution in [-0.2, 0) is 13.2 Å². The van der Waals surface area contributed by atoms with E-state index in [0.29, 0.717) is 11.4 Å². The first-order valence-corrected chi connectivity index (χ1v) is 7.56. The van der Waals surface area contributed by atoms with Crippen LogP contribution >= 0.6 is 11.6 Å². The van der Waals surface area contributed by atoms with Gasteiger partial charge in [0.1, 0.15) is 0 Å². The number of alkyl halides is 3. The predicted octanol–water partition coefficient (Wildman–Crippen LogP) is 3.66. The average molecular weight is 367 g/mol. The summed E-state index contributed by atoms with van der Waals surface area (Å²) in [6, 6.07) is 3.78. The van der Waals surface area contributed by atoms with Crippen LogP contribution in [0.1, 0.15) is 11.3 Å². The number of aryl methyl sites for hydroxylation is 1. The molecular formula is C15H10ClF3N6. The van der Waals surface area contributed by atoms with Crippen LogP contribution in [0.3, 0.4) is 0 Å². The van der Waals surface area contributed by atoms with Crippen molar-refractivity contribution < 1.29 is 13.2 Å². The van der Waals surface area contributed by atoms with E-state index < -0.39 is 11.7 Å². The lowest BCUT2D eigenvalue weighted by Gasteiger charge is -2.10. The Hall–Kier alpha value is -2.68. The maximum absolute atomic E-state index is 13.2. The van der Waals surface area contributed by atoms with Gasteiger partial charge in [0.15, 0.2) is 11.5 Å². The van der Waals surface area contributed by atoms with Gasteiger partial charge in [-0.05, 0) is 30.7 Å². The van der Waals surface area contributed by atoms with Crippen molar-refractivity contribution in [1.29, 1.82) is 0 Å². The molecule has 0 saturated carbocycles. The van der Waals surface area contributed by atoms with Gasteiger partial charge in [-0.1, -0.05) is 6.07 Å². The molecular weight excluding hydrogens is 357 g/mol. The normalized spacial score (nSPS) is 12.4. The van der Waals surface area contributed by atoms with Crippen LogP contribution in [0.2, 0.25) is 5.28 Å². The van der Waals surface area contributed by atoms with Gasteiger partial charge in [0.2, 0.25) is 5.28 Å². The minimum absolute atomic E-state index is 0.195. The number of nitrogens with zero attached hydrogens (tertiary/aromatic N) is 6. The van der Waals surface area contributed by atoms with Crippen LogP contribution < -0.4 is 0 Å². The molecule has 25 heavy (non-hydrogen) atoms. The van der Waals surface area contributed by atoms with Crippen molar-refractivity contribution in [3.63, 3.8) is 0 Å². The highest BCUT2D eigenvalue weighted by Crippen LogP contribution is 2.35. The van der Waals surface area contributed by atoms with Crippen molar-refractivity contribution in [3.8, 4) is 11.4 Å². The molecule has 128 valence electrons. The Kier molecular flexibility index (Phi) is 3.26. The summed E-state index contributed by atoms with van der Waals surface area (Å²) in [5.74, 6) is 0.319. The Balaban J connectivity index is 2.07. The van der Waals surface area contributed by atoms with Gasteiger partial charge in [-0.25, -0.2) is 9.97 Å². The second-order valence-corrected chi connectivity index (χ2v) is 5.86. The zero-order valence-corrected chi connectivity index (χ0v) is 13.8. The molecule has 0 unspecified atom stereocenters. The number of para-hydroxylation sites is 1. The average Bonchev–Trinajstić information content (AvgIpc) is 3.11. The van der Waals surface area contributed by atoms with Gasteiger partial charge < -0.3 is 0 Å². The molecule has 0 aliphatic heterocycles. The Labute approximate surface area is 143 Å². The third-order valence-electron chi connectivity index (χ3n) is 4.04. The van der Waals surface area contributed by atoms with Gasteiger partial charge in [0.05, 0.1) is 22.8 Å². The first-order chi connectivity index (χ1) is 11.8. The molecule has 0 aliphatic carbocycles. The number of benzene rings is 1. The molecule has 0 spiro atoms. The van der Waals surface area contributed by atoms with Crippen LogP contribution in [0, 0.1) is 6.92 Å². The lowest BCUT2D eigenvalue weighted by molar-refractivity contribution is -0.136. The fourth-order valence-corrected chi connectivity index (χ4v) is 2.86. The topological polar surface area (TPSA) is 60.9 Å². The van der Waals surface area contributed by atoms with Crippen molar-refractivity contribution in [2.45, 2.75) is 13.1 Å². The lowest BCUT2D eigenvalue weighted by atomic mass is 10.1. The molecule has 0 bridgehead atoms. The number of hydrogen-bond donors (Lipinski definition) is 0. The third kappa shape index (κ3) is 2.34. The Bertz CT molecular complexity index is 1130. The summed E-state index contributed by atoms with van der Waals surface area (Å²) >= 11 is 6.07. The van der Waals surface area contributed by atoms with Crippen LogP contribution in [0.4, 0.5) is 13.2 Å². The van der Waals surface area contributed by atoms with E-state index in [2.05, 4.69) is 20.2 Å². The molecule has 3 heterocycles. The van der Waals surface area contributed by atoms with E-state index in [9.17, 15) is 13.2 Å². The molecule has 4 rings (SSSR count). The fraction of sp³-hybridized carbons (Fsp3) is 0.200. The zero-order chi connectivity index (χ0) is 17.9. The molecule has 1 aromatic carbocycles. The SMILES string of the molecule is Cc1c(-c2nc3c4cccc(C(F)(F)F)c4nc(Cl)n3n2)cnn1C. The highest BCUT2D eigenvalue weighted by atomic mass is 35.5. The van der Waals surface area contributed by atoms with Crippen molar-refractivity contribution >= 4 is 28.2 Å². The second kappa shape index (κ2) is 5.16. The first kappa shape index (κ1) is 15.8. The molecule has 0 N–H and O–H groups in total. The number of halogens is 4. The summed E-state index contributed by atoms with van der Waals surface area (Å²) in [5.41, 5.74) is 0.577. The van der Waals surface area contributed by atoms with Crippen molar-refractivity contribution in [2.75, 3.05) is 0 Å². The van der Waals surface area contributed by atoms with Crippen LogP contribution in [-0.4, -0.2) is 29.4 Å². The summed E-state index contributed by atoms with van der Waals surface area (Å²) in [5, 5.41) is 8.43. The maximum atomic E-state index is 13.2. The van der Waals surface area contributed by atoms with E-state index in [0.717, 1.165) is 11.8 Å². The van der Waals surface area contributed by atoms with Gasteiger partial charge in [-0.3, -0.25) is 4.68 Å². The van der Waals surface area contributed by atoms with E-state index in [1.807, 2.05) is 6.92 Å². The summed E-state index contributed by atoms with van der Waals surface area (Å²) < 4.78 is 42.6. The minimum Gasteiger partial charge on any atom is -0.272 e. The molecule has 0 radical (unpaired) electrons. The minimum atomic E-state index is -4.54. The molecule has 0 aliphatic rings. The van der Waals surface area contributed by atoms with Gasteiger partial charge in [0, 0.05) is 18.1 Å². The second-order valence-electron chi connectivity index (χ2n) is 5.52.